The first-order chi connectivity index (χ1) is 17.2. The van der Waals surface area contributed by atoms with Crippen molar-refractivity contribution in [3.05, 3.63) is 84.6 Å². The van der Waals surface area contributed by atoms with Crippen LogP contribution in [0.15, 0.2) is 66.2 Å². The summed E-state index contributed by atoms with van der Waals surface area (Å²) in [5, 5.41) is 2.55. The van der Waals surface area contributed by atoms with Gasteiger partial charge in [0.15, 0.2) is 23.1 Å². The van der Waals surface area contributed by atoms with E-state index in [1.807, 2.05) is 4.72 Å². The van der Waals surface area contributed by atoms with Gasteiger partial charge in [-0.25, -0.2) is 45.9 Å². The molecular formula is C22H13F4N7O2S. The normalized spacial score (nSPS) is 11.6. The number of halogens is 4. The monoisotopic (exact) mass is 515 g/mol. The second kappa shape index (κ2) is 8.88. The molecule has 0 bridgehead atoms. The maximum absolute atomic E-state index is 15.3. The lowest BCUT2D eigenvalue weighted by atomic mass is 10.1. The van der Waals surface area contributed by atoms with Crippen LogP contribution in [-0.4, -0.2) is 33.3 Å². The van der Waals surface area contributed by atoms with Crippen LogP contribution in [0.1, 0.15) is 0 Å². The topological polar surface area (TPSA) is 126 Å². The van der Waals surface area contributed by atoms with Crippen molar-refractivity contribution in [2.45, 2.75) is 4.90 Å². The molecule has 36 heavy (non-hydrogen) atoms. The first kappa shape index (κ1) is 23.2. The fraction of sp³-hybridized carbons (Fsp3) is 0. The van der Waals surface area contributed by atoms with E-state index in [1.165, 1.54) is 18.9 Å². The van der Waals surface area contributed by atoms with Gasteiger partial charge in [0.05, 0.1) is 16.9 Å². The van der Waals surface area contributed by atoms with Crippen LogP contribution in [0.25, 0.3) is 22.4 Å². The Balaban J connectivity index is 1.53. The van der Waals surface area contributed by atoms with Crippen LogP contribution in [0.5, 0.6) is 0 Å². The fourth-order valence-corrected chi connectivity index (χ4v) is 4.45. The number of sulfonamides is 1. The molecule has 0 spiro atoms. The summed E-state index contributed by atoms with van der Waals surface area (Å²) in [6, 6.07) is 6.73. The molecule has 0 radical (unpaired) electrons. The molecule has 3 aromatic heterocycles. The highest BCUT2D eigenvalue weighted by molar-refractivity contribution is 7.92. The van der Waals surface area contributed by atoms with Crippen LogP contribution >= 0.6 is 0 Å². The zero-order valence-electron chi connectivity index (χ0n) is 17.8. The van der Waals surface area contributed by atoms with Gasteiger partial charge in [-0.2, -0.15) is 0 Å². The number of fused-ring (bicyclic) bond motifs is 1. The summed E-state index contributed by atoms with van der Waals surface area (Å²) in [5.41, 5.74) is 0.169. The average Bonchev–Trinajstić information content (AvgIpc) is 3.35. The molecule has 0 aliphatic heterocycles. The third kappa shape index (κ3) is 4.17. The zero-order chi connectivity index (χ0) is 25.4. The molecule has 0 aliphatic carbocycles. The van der Waals surface area contributed by atoms with Gasteiger partial charge < -0.3 is 10.3 Å². The average molecular weight is 515 g/mol. The number of imidazole rings is 1. The number of aromatic nitrogens is 5. The Morgan fingerprint density at radius 3 is 2.47 bits per heavy atom. The second-order valence-electron chi connectivity index (χ2n) is 7.31. The number of H-pyrrole nitrogens is 1. The molecule has 0 atom stereocenters. The molecule has 14 heteroatoms. The highest BCUT2D eigenvalue weighted by atomic mass is 32.2. The fourth-order valence-electron chi connectivity index (χ4n) is 3.38. The molecule has 9 nitrogen and oxygen atoms in total. The Bertz CT molecular complexity index is 1730. The van der Waals surface area contributed by atoms with Gasteiger partial charge in [-0.05, 0) is 42.5 Å². The van der Waals surface area contributed by atoms with E-state index in [-0.39, 0.29) is 5.82 Å². The van der Waals surface area contributed by atoms with Crippen LogP contribution in [0, 0.1) is 23.3 Å². The summed E-state index contributed by atoms with van der Waals surface area (Å²) < 4.78 is 83.8. The molecule has 0 saturated heterocycles. The Labute approximate surface area is 200 Å². The lowest BCUT2D eigenvalue weighted by molar-refractivity contribution is 0.504. The van der Waals surface area contributed by atoms with E-state index < -0.39 is 49.6 Å². The molecule has 3 N–H and O–H groups in total. The minimum absolute atomic E-state index is 0.00510. The molecule has 0 aliphatic rings. The molecule has 182 valence electrons. The molecule has 3 heterocycles. The van der Waals surface area contributed by atoms with Crippen LogP contribution < -0.4 is 10.0 Å². The number of rotatable bonds is 6. The van der Waals surface area contributed by atoms with Crippen molar-refractivity contribution in [2.24, 2.45) is 0 Å². The highest BCUT2D eigenvalue weighted by Gasteiger charge is 2.23. The SMILES string of the molecule is O=S(=O)(Nc1ccc(F)c(Nc2ncccc2-c2ncnc3nc[nH]c23)c1F)c1ccc(F)c(F)c1. The van der Waals surface area contributed by atoms with Crippen molar-refractivity contribution >= 4 is 38.4 Å². The summed E-state index contributed by atoms with van der Waals surface area (Å²) >= 11 is 0. The third-order valence-corrected chi connectivity index (χ3v) is 6.43. The smallest absolute Gasteiger partial charge is 0.262 e. The Kier molecular flexibility index (Phi) is 5.72. The van der Waals surface area contributed by atoms with Gasteiger partial charge in [0, 0.05) is 11.8 Å². The quantitative estimate of drug-likeness (QED) is 0.284. The van der Waals surface area contributed by atoms with Crippen LogP contribution in [0.2, 0.25) is 0 Å². The first-order valence-electron chi connectivity index (χ1n) is 10.1. The summed E-state index contributed by atoms with van der Waals surface area (Å²) in [6.45, 7) is 0. The van der Waals surface area contributed by atoms with E-state index in [0.29, 0.717) is 34.6 Å². The van der Waals surface area contributed by atoms with Crippen molar-refractivity contribution in [3.8, 4) is 11.3 Å². The number of nitrogens with zero attached hydrogens (tertiary/aromatic N) is 4. The molecular weight excluding hydrogens is 502 g/mol. The van der Waals surface area contributed by atoms with Crippen molar-refractivity contribution in [2.75, 3.05) is 10.0 Å². The molecule has 0 unspecified atom stereocenters. The van der Waals surface area contributed by atoms with Crippen molar-refractivity contribution < 1.29 is 26.0 Å². The Morgan fingerprint density at radius 1 is 0.861 bits per heavy atom. The molecule has 2 aromatic carbocycles. The van der Waals surface area contributed by atoms with Crippen LogP contribution in [0.3, 0.4) is 0 Å². The maximum atomic E-state index is 15.3. The number of nitrogens with one attached hydrogen (secondary N) is 3. The summed E-state index contributed by atoms with van der Waals surface area (Å²) in [7, 11) is -4.54. The van der Waals surface area contributed by atoms with E-state index in [1.54, 1.807) is 12.1 Å². The van der Waals surface area contributed by atoms with Crippen molar-refractivity contribution in [1.82, 2.24) is 24.9 Å². The van der Waals surface area contributed by atoms with E-state index in [9.17, 15) is 21.6 Å². The molecule has 5 aromatic rings. The van der Waals surface area contributed by atoms with Gasteiger partial charge in [0.1, 0.15) is 34.9 Å². The van der Waals surface area contributed by atoms with Gasteiger partial charge in [-0.3, -0.25) is 4.72 Å². The van der Waals surface area contributed by atoms with Gasteiger partial charge in [-0.1, -0.05) is 0 Å². The Morgan fingerprint density at radius 2 is 1.67 bits per heavy atom. The van der Waals surface area contributed by atoms with Crippen molar-refractivity contribution in [1.29, 1.82) is 0 Å². The van der Waals surface area contributed by atoms with Gasteiger partial charge >= 0.3 is 0 Å². The molecule has 5 rings (SSSR count). The maximum Gasteiger partial charge on any atom is 0.262 e. The predicted octanol–water partition coefficient (Wildman–Crippen LogP) is 4.52. The first-order valence-corrected chi connectivity index (χ1v) is 11.6. The largest absolute Gasteiger partial charge is 0.341 e. The van der Waals surface area contributed by atoms with E-state index in [2.05, 4.69) is 30.2 Å². The van der Waals surface area contributed by atoms with Gasteiger partial charge in [0.25, 0.3) is 10.0 Å². The second-order valence-corrected chi connectivity index (χ2v) is 9.00. The molecule has 0 amide bonds. The number of benzene rings is 2. The number of anilines is 3. The molecule has 0 fully saturated rings. The number of aromatic amines is 1. The van der Waals surface area contributed by atoms with E-state index >= 15 is 4.39 Å². The standard InChI is InChI=1S/C22H13F4N7O2S/c23-13-4-3-11(8-15(13)25)36(34,35)33-16-6-5-14(24)19(17(16)26)32-21-12(2-1-7-27-21)18-20-22(30-9-28-18)31-10-29-20/h1-10,33H,(H,27,32)(H,28,29,30,31). The van der Waals surface area contributed by atoms with Crippen LogP contribution in [-0.2, 0) is 10.0 Å². The molecule has 0 saturated carbocycles. The summed E-state index contributed by atoms with van der Waals surface area (Å²) in [6.07, 6.45) is 4.06. The third-order valence-electron chi connectivity index (χ3n) is 5.07. The van der Waals surface area contributed by atoms with Gasteiger partial charge in [-0.15, -0.1) is 0 Å². The minimum atomic E-state index is -4.54. The lowest BCUT2D eigenvalue weighted by Gasteiger charge is -2.15. The Hall–Kier alpha value is -4.59. The lowest BCUT2D eigenvalue weighted by Crippen LogP contribution is -2.15. The minimum Gasteiger partial charge on any atom is -0.341 e. The van der Waals surface area contributed by atoms with E-state index in [4.69, 9.17) is 0 Å². The zero-order valence-corrected chi connectivity index (χ0v) is 18.6. The van der Waals surface area contributed by atoms with Crippen molar-refractivity contribution in [3.63, 3.8) is 0 Å². The highest BCUT2D eigenvalue weighted by Crippen LogP contribution is 2.34. The van der Waals surface area contributed by atoms with E-state index in [0.717, 1.165) is 18.2 Å². The predicted molar refractivity (Wildman–Crippen MR) is 122 cm³/mol. The van der Waals surface area contributed by atoms with Crippen LogP contribution in [0.4, 0.5) is 34.8 Å². The number of pyridine rings is 1. The summed E-state index contributed by atoms with van der Waals surface area (Å²) in [4.78, 5) is 18.7. The van der Waals surface area contributed by atoms with Gasteiger partial charge in [0.2, 0.25) is 0 Å². The summed E-state index contributed by atoms with van der Waals surface area (Å²) in [5.74, 6) is -5.00. The number of hydrogen-bond donors (Lipinski definition) is 3. The number of hydrogen-bond acceptors (Lipinski definition) is 7.